The Balaban J connectivity index is 2.14. The highest BCUT2D eigenvalue weighted by Crippen LogP contribution is 2.24. The maximum Gasteiger partial charge on any atom is 0.151 e. The fraction of sp³-hybridized carbons (Fsp3) is 0.214. The molecule has 0 saturated carbocycles. The first-order chi connectivity index (χ1) is 9.08. The summed E-state index contributed by atoms with van der Waals surface area (Å²) < 4.78 is 0. The van der Waals surface area contributed by atoms with Crippen LogP contribution in [0.5, 0.6) is 0 Å². The van der Waals surface area contributed by atoms with Crippen LogP contribution in [0, 0.1) is 0 Å². The van der Waals surface area contributed by atoms with Gasteiger partial charge in [-0.05, 0) is 29.8 Å². The molecule has 0 amide bonds. The van der Waals surface area contributed by atoms with E-state index in [4.69, 9.17) is 23.2 Å². The Kier molecular flexibility index (Phi) is 4.51. The molecule has 0 radical (unpaired) electrons. The Morgan fingerprint density at radius 2 is 2.00 bits per heavy atom. The van der Waals surface area contributed by atoms with Crippen molar-refractivity contribution in [3.05, 3.63) is 52.1 Å². The highest BCUT2D eigenvalue weighted by molar-refractivity contribution is 6.35. The minimum Gasteiger partial charge on any atom is -0.378 e. The fourth-order valence-corrected chi connectivity index (χ4v) is 2.22. The van der Waals surface area contributed by atoms with Gasteiger partial charge in [0.25, 0.3) is 0 Å². The smallest absolute Gasteiger partial charge is 0.151 e. The molecule has 100 valence electrons. The van der Waals surface area contributed by atoms with Gasteiger partial charge in [-0.25, -0.2) is 4.98 Å². The third-order valence-corrected chi connectivity index (χ3v) is 3.28. The van der Waals surface area contributed by atoms with Crippen LogP contribution < -0.4 is 10.2 Å². The first kappa shape index (κ1) is 14.0. The van der Waals surface area contributed by atoms with Crippen LogP contribution in [0.1, 0.15) is 5.56 Å². The lowest BCUT2D eigenvalue weighted by Crippen LogP contribution is -2.13. The topological polar surface area (TPSA) is 28.2 Å². The summed E-state index contributed by atoms with van der Waals surface area (Å²) in [5.41, 5.74) is 1.97. The predicted octanol–water partition coefficient (Wildman–Crippen LogP) is 4.07. The number of halogens is 2. The zero-order valence-corrected chi connectivity index (χ0v) is 12.3. The molecule has 2 rings (SSSR count). The van der Waals surface area contributed by atoms with Crippen molar-refractivity contribution in [2.24, 2.45) is 0 Å². The van der Waals surface area contributed by atoms with E-state index in [1.807, 2.05) is 43.3 Å². The number of anilines is 2. The van der Waals surface area contributed by atoms with Gasteiger partial charge in [0.1, 0.15) is 0 Å². The molecular weight excluding hydrogens is 281 g/mol. The number of hydrogen-bond donors (Lipinski definition) is 1. The van der Waals surface area contributed by atoms with E-state index in [0.717, 1.165) is 17.1 Å². The van der Waals surface area contributed by atoms with Crippen LogP contribution in [0.2, 0.25) is 10.0 Å². The monoisotopic (exact) mass is 295 g/mol. The summed E-state index contributed by atoms with van der Waals surface area (Å²) in [7, 11) is 3.92. The van der Waals surface area contributed by atoms with Crippen molar-refractivity contribution in [3.63, 3.8) is 0 Å². The minimum absolute atomic E-state index is 0.628. The third-order valence-electron chi connectivity index (χ3n) is 2.69. The van der Waals surface area contributed by atoms with Crippen molar-refractivity contribution >= 4 is 34.7 Å². The lowest BCUT2D eigenvalue weighted by Gasteiger charge is -2.17. The van der Waals surface area contributed by atoms with E-state index < -0.39 is 0 Å². The van der Waals surface area contributed by atoms with E-state index in [9.17, 15) is 0 Å². The molecule has 0 fully saturated rings. The van der Waals surface area contributed by atoms with Crippen LogP contribution >= 0.6 is 23.2 Å². The second-order valence-electron chi connectivity index (χ2n) is 4.36. The van der Waals surface area contributed by atoms with E-state index >= 15 is 0 Å². The van der Waals surface area contributed by atoms with Crippen molar-refractivity contribution in [1.82, 2.24) is 4.98 Å². The molecular formula is C14H15Cl2N3. The van der Waals surface area contributed by atoms with Gasteiger partial charge in [0.15, 0.2) is 5.82 Å². The van der Waals surface area contributed by atoms with Gasteiger partial charge in [0.05, 0.1) is 5.69 Å². The van der Waals surface area contributed by atoms with Crippen LogP contribution in [-0.4, -0.2) is 19.1 Å². The van der Waals surface area contributed by atoms with E-state index in [0.29, 0.717) is 16.6 Å². The molecule has 0 aliphatic carbocycles. The van der Waals surface area contributed by atoms with Gasteiger partial charge in [0.2, 0.25) is 0 Å². The van der Waals surface area contributed by atoms with Gasteiger partial charge >= 0.3 is 0 Å². The minimum atomic E-state index is 0.628. The molecule has 1 aromatic carbocycles. The summed E-state index contributed by atoms with van der Waals surface area (Å²) in [5.74, 6) is 0.896. The van der Waals surface area contributed by atoms with Gasteiger partial charge in [-0.1, -0.05) is 29.3 Å². The largest absolute Gasteiger partial charge is 0.378 e. The molecule has 19 heavy (non-hydrogen) atoms. The molecule has 1 N–H and O–H groups in total. The lowest BCUT2D eigenvalue weighted by atomic mass is 10.2. The molecule has 1 aromatic heterocycles. The first-order valence-corrected chi connectivity index (χ1v) is 6.63. The Labute approximate surface area is 123 Å². The highest BCUT2D eigenvalue weighted by atomic mass is 35.5. The van der Waals surface area contributed by atoms with Crippen LogP contribution in [0.4, 0.5) is 11.5 Å². The number of hydrogen-bond acceptors (Lipinski definition) is 3. The molecule has 1 heterocycles. The third kappa shape index (κ3) is 3.52. The quantitative estimate of drug-likeness (QED) is 0.922. The van der Waals surface area contributed by atoms with Crippen molar-refractivity contribution < 1.29 is 0 Å². The summed E-state index contributed by atoms with van der Waals surface area (Å²) in [6.07, 6.45) is 1.77. The van der Waals surface area contributed by atoms with Crippen molar-refractivity contribution in [3.8, 4) is 0 Å². The Morgan fingerprint density at radius 1 is 1.21 bits per heavy atom. The first-order valence-electron chi connectivity index (χ1n) is 5.88. The molecule has 0 atom stereocenters. The maximum absolute atomic E-state index is 6.15. The number of benzene rings is 1. The van der Waals surface area contributed by atoms with E-state index in [2.05, 4.69) is 10.3 Å². The molecule has 0 saturated heterocycles. The van der Waals surface area contributed by atoms with Crippen molar-refractivity contribution in [2.45, 2.75) is 6.54 Å². The normalized spacial score (nSPS) is 10.3. The lowest BCUT2D eigenvalue weighted by molar-refractivity contribution is 1.05. The van der Waals surface area contributed by atoms with Gasteiger partial charge in [-0.2, -0.15) is 0 Å². The van der Waals surface area contributed by atoms with Crippen LogP contribution in [0.25, 0.3) is 0 Å². The summed E-state index contributed by atoms with van der Waals surface area (Å²) in [6.45, 7) is 0.628. The van der Waals surface area contributed by atoms with Gasteiger partial charge < -0.3 is 10.2 Å². The molecule has 3 nitrogen and oxygen atoms in total. The Bertz CT molecular complexity index is 570. The predicted molar refractivity (Wildman–Crippen MR) is 82.4 cm³/mol. The van der Waals surface area contributed by atoms with Crippen LogP contribution in [0.3, 0.4) is 0 Å². The zero-order valence-electron chi connectivity index (χ0n) is 10.8. The molecule has 5 heteroatoms. The van der Waals surface area contributed by atoms with Crippen molar-refractivity contribution in [1.29, 1.82) is 0 Å². The van der Waals surface area contributed by atoms with Crippen molar-refractivity contribution in [2.75, 3.05) is 24.3 Å². The number of pyridine rings is 1. The Morgan fingerprint density at radius 3 is 2.68 bits per heavy atom. The van der Waals surface area contributed by atoms with Gasteiger partial charge in [-0.3, -0.25) is 0 Å². The zero-order chi connectivity index (χ0) is 13.8. The maximum atomic E-state index is 6.15. The summed E-state index contributed by atoms with van der Waals surface area (Å²) in [6, 6.07) is 9.39. The summed E-state index contributed by atoms with van der Waals surface area (Å²) in [4.78, 5) is 6.30. The second kappa shape index (κ2) is 6.13. The summed E-state index contributed by atoms with van der Waals surface area (Å²) >= 11 is 12.0. The SMILES string of the molecule is CN(C)c1ncccc1NCc1ccc(Cl)cc1Cl. The van der Waals surface area contributed by atoms with E-state index in [1.165, 1.54) is 0 Å². The molecule has 2 aromatic rings. The number of nitrogens with zero attached hydrogens (tertiary/aromatic N) is 2. The average Bonchev–Trinajstić information content (AvgIpc) is 2.38. The van der Waals surface area contributed by atoms with E-state index in [-0.39, 0.29) is 0 Å². The molecule has 0 aliphatic rings. The van der Waals surface area contributed by atoms with Gasteiger partial charge in [-0.15, -0.1) is 0 Å². The van der Waals surface area contributed by atoms with Gasteiger partial charge in [0, 0.05) is 36.9 Å². The Hall–Kier alpha value is -1.45. The number of nitrogens with one attached hydrogen (secondary N) is 1. The number of rotatable bonds is 4. The number of aromatic nitrogens is 1. The standard InChI is InChI=1S/C14H15Cl2N3/c1-19(2)14-13(4-3-7-17-14)18-9-10-5-6-11(15)8-12(10)16/h3-8,18H,9H2,1-2H3. The summed E-state index contributed by atoms with van der Waals surface area (Å²) in [5, 5.41) is 4.64. The van der Waals surface area contributed by atoms with Crippen LogP contribution in [0.15, 0.2) is 36.5 Å². The fourth-order valence-electron chi connectivity index (χ4n) is 1.75. The van der Waals surface area contributed by atoms with Crippen LogP contribution in [-0.2, 0) is 6.54 Å². The molecule has 0 spiro atoms. The van der Waals surface area contributed by atoms with E-state index in [1.54, 1.807) is 12.3 Å². The average molecular weight is 296 g/mol. The molecule has 0 unspecified atom stereocenters. The molecule has 0 bridgehead atoms. The second-order valence-corrected chi connectivity index (χ2v) is 5.20. The highest BCUT2D eigenvalue weighted by Gasteiger charge is 2.06. The molecule has 0 aliphatic heterocycles.